The first kappa shape index (κ1) is 21.6. The summed E-state index contributed by atoms with van der Waals surface area (Å²) in [4.78, 5) is 43.8. The fourth-order valence-corrected chi connectivity index (χ4v) is 5.26. The van der Waals surface area contributed by atoms with Gasteiger partial charge in [-0.15, -0.1) is 0 Å². The summed E-state index contributed by atoms with van der Waals surface area (Å²) in [5.74, 6) is -0.119. The number of anilines is 1. The molecule has 10 heteroatoms. The zero-order valence-corrected chi connectivity index (χ0v) is 19.0. The average Bonchev–Trinajstić information content (AvgIpc) is 3.47. The largest absolute Gasteiger partial charge is 0.484 e. The third-order valence-electron chi connectivity index (χ3n) is 6.48. The second-order valence-electron chi connectivity index (χ2n) is 8.24. The summed E-state index contributed by atoms with van der Waals surface area (Å²) in [6, 6.07) is 9.92. The van der Waals surface area contributed by atoms with Crippen LogP contribution in [-0.4, -0.2) is 58.9 Å². The molecule has 3 aliphatic rings. The minimum absolute atomic E-state index is 0.173. The summed E-state index contributed by atoms with van der Waals surface area (Å²) >= 11 is 12.1. The number of likely N-dealkylation sites (tertiary alicyclic amines) is 1. The van der Waals surface area contributed by atoms with Crippen molar-refractivity contribution in [3.63, 3.8) is 0 Å². The Morgan fingerprint density at radius 1 is 1.18 bits per heavy atom. The molecule has 0 radical (unpaired) electrons. The fraction of sp³-hybridized carbons (Fsp3) is 0.304. The van der Waals surface area contributed by atoms with Crippen molar-refractivity contribution in [2.24, 2.45) is 0 Å². The molecule has 2 aromatic rings. The van der Waals surface area contributed by atoms with Gasteiger partial charge < -0.3 is 14.5 Å². The standard InChI is InChI=1S/C23H18Cl2N4O4/c1-12-17(7-2-13(9-26)20(12)25)29-22(31)21-18-8-15(28(21)23(29)32)10-27(18)19(30)11-33-16-5-3-14(24)4-6-16/h2-7,15,18,21H,8,10-11H2,1H3. The van der Waals surface area contributed by atoms with Crippen molar-refractivity contribution in [3.8, 4) is 11.8 Å². The number of urea groups is 1. The number of hydrogen-bond donors (Lipinski definition) is 0. The molecule has 3 atom stereocenters. The van der Waals surface area contributed by atoms with Gasteiger partial charge in [0.05, 0.1) is 28.4 Å². The van der Waals surface area contributed by atoms with Crippen molar-refractivity contribution < 1.29 is 19.1 Å². The van der Waals surface area contributed by atoms with Gasteiger partial charge in [0.2, 0.25) is 0 Å². The molecule has 3 fully saturated rings. The van der Waals surface area contributed by atoms with Gasteiger partial charge in [0.15, 0.2) is 6.61 Å². The van der Waals surface area contributed by atoms with Gasteiger partial charge in [0, 0.05) is 11.6 Å². The Balaban J connectivity index is 1.35. The van der Waals surface area contributed by atoms with Gasteiger partial charge in [-0.3, -0.25) is 9.59 Å². The van der Waals surface area contributed by atoms with Crippen LogP contribution in [0.2, 0.25) is 10.0 Å². The molecule has 0 spiro atoms. The molecule has 0 saturated carbocycles. The number of fused-ring (bicyclic) bond motifs is 5. The van der Waals surface area contributed by atoms with Crippen LogP contribution in [0.3, 0.4) is 0 Å². The van der Waals surface area contributed by atoms with Crippen molar-refractivity contribution in [2.45, 2.75) is 31.5 Å². The number of rotatable bonds is 4. The van der Waals surface area contributed by atoms with Gasteiger partial charge in [-0.1, -0.05) is 23.2 Å². The summed E-state index contributed by atoms with van der Waals surface area (Å²) in [6.45, 7) is 1.85. The number of piperazine rings is 1. The SMILES string of the molecule is Cc1c(N2C(=O)C3C4CC(CN4C(=O)COc4ccc(Cl)cc4)N3C2=O)ccc(C#N)c1Cl. The Labute approximate surface area is 199 Å². The Hall–Kier alpha value is -3.28. The highest BCUT2D eigenvalue weighted by atomic mass is 35.5. The molecule has 0 N–H and O–H groups in total. The van der Waals surface area contributed by atoms with Gasteiger partial charge in [-0.2, -0.15) is 5.26 Å². The third-order valence-corrected chi connectivity index (χ3v) is 7.22. The lowest BCUT2D eigenvalue weighted by Crippen LogP contribution is -2.55. The number of amides is 4. The van der Waals surface area contributed by atoms with Crippen molar-refractivity contribution in [1.82, 2.24) is 9.80 Å². The average molecular weight is 485 g/mol. The number of carbonyl (C=O) groups is 3. The summed E-state index contributed by atoms with van der Waals surface area (Å²) in [5.41, 5.74) is 1.11. The molecule has 3 heterocycles. The van der Waals surface area contributed by atoms with Crippen molar-refractivity contribution in [2.75, 3.05) is 18.1 Å². The lowest BCUT2D eigenvalue weighted by molar-refractivity contribution is -0.137. The van der Waals surface area contributed by atoms with Gasteiger partial charge in [-0.25, -0.2) is 9.69 Å². The fourth-order valence-electron chi connectivity index (χ4n) is 4.93. The maximum absolute atomic E-state index is 13.4. The molecule has 5 rings (SSSR count). The molecular formula is C23H18Cl2N4O4. The molecule has 0 aromatic heterocycles. The predicted molar refractivity (Wildman–Crippen MR) is 120 cm³/mol. The molecule has 4 amide bonds. The van der Waals surface area contributed by atoms with Gasteiger partial charge in [0.25, 0.3) is 11.8 Å². The second-order valence-corrected chi connectivity index (χ2v) is 9.05. The molecule has 3 unspecified atom stereocenters. The first-order chi connectivity index (χ1) is 15.8. The van der Waals surface area contributed by atoms with Crippen LogP contribution in [0.1, 0.15) is 17.5 Å². The van der Waals surface area contributed by atoms with Crippen LogP contribution in [0.4, 0.5) is 10.5 Å². The maximum atomic E-state index is 13.4. The number of ether oxygens (including phenoxy) is 1. The lowest BCUT2D eigenvalue weighted by atomic mass is 10.1. The monoisotopic (exact) mass is 484 g/mol. The van der Waals surface area contributed by atoms with Gasteiger partial charge in [0.1, 0.15) is 17.9 Å². The summed E-state index contributed by atoms with van der Waals surface area (Å²) in [6.07, 6.45) is 0.551. The van der Waals surface area contributed by atoms with Crippen LogP contribution in [0, 0.1) is 18.3 Å². The van der Waals surface area contributed by atoms with Gasteiger partial charge in [-0.05, 0) is 55.3 Å². The molecule has 3 saturated heterocycles. The number of nitriles is 1. The molecule has 2 aromatic carbocycles. The van der Waals surface area contributed by atoms with Crippen LogP contribution >= 0.6 is 23.2 Å². The number of imide groups is 1. The van der Waals surface area contributed by atoms with Gasteiger partial charge >= 0.3 is 6.03 Å². The summed E-state index contributed by atoms with van der Waals surface area (Å²) in [5, 5.41) is 9.96. The number of hydrogen-bond acceptors (Lipinski definition) is 5. The number of carbonyl (C=O) groups excluding carboxylic acids is 3. The Kier molecular flexibility index (Phi) is 5.19. The smallest absolute Gasteiger partial charge is 0.332 e. The van der Waals surface area contributed by atoms with E-state index in [4.69, 9.17) is 27.9 Å². The van der Waals surface area contributed by atoms with E-state index >= 15 is 0 Å². The number of benzene rings is 2. The summed E-state index contributed by atoms with van der Waals surface area (Å²) in [7, 11) is 0. The first-order valence-corrected chi connectivity index (χ1v) is 11.1. The van der Waals surface area contributed by atoms with Crippen LogP contribution in [-0.2, 0) is 9.59 Å². The Morgan fingerprint density at radius 3 is 2.61 bits per heavy atom. The van der Waals surface area contributed by atoms with Crippen LogP contribution in [0.5, 0.6) is 5.75 Å². The van der Waals surface area contributed by atoms with E-state index in [9.17, 15) is 19.6 Å². The Morgan fingerprint density at radius 2 is 1.91 bits per heavy atom. The quantitative estimate of drug-likeness (QED) is 0.620. The van der Waals surface area contributed by atoms with E-state index in [2.05, 4.69) is 0 Å². The zero-order valence-electron chi connectivity index (χ0n) is 17.5. The molecule has 8 nitrogen and oxygen atoms in total. The highest BCUT2D eigenvalue weighted by Crippen LogP contribution is 2.43. The predicted octanol–water partition coefficient (Wildman–Crippen LogP) is 3.37. The maximum Gasteiger partial charge on any atom is 0.332 e. The van der Waals surface area contributed by atoms with Crippen LogP contribution < -0.4 is 9.64 Å². The Bertz CT molecular complexity index is 1230. The minimum atomic E-state index is -0.746. The minimum Gasteiger partial charge on any atom is -0.484 e. The van der Waals surface area contributed by atoms with Crippen LogP contribution in [0.25, 0.3) is 0 Å². The summed E-state index contributed by atoms with van der Waals surface area (Å²) < 4.78 is 5.58. The van der Waals surface area contributed by atoms with Crippen LogP contribution in [0.15, 0.2) is 36.4 Å². The lowest BCUT2D eigenvalue weighted by Gasteiger charge is -2.34. The van der Waals surface area contributed by atoms with E-state index in [-0.39, 0.29) is 29.1 Å². The molecule has 168 valence electrons. The second kappa shape index (κ2) is 7.94. The van der Waals surface area contributed by atoms with E-state index in [1.165, 1.54) is 6.07 Å². The zero-order chi connectivity index (χ0) is 23.4. The highest BCUT2D eigenvalue weighted by molar-refractivity contribution is 6.33. The normalized spacial score (nSPS) is 23.2. The molecular weight excluding hydrogens is 467 g/mol. The molecule has 0 aliphatic carbocycles. The van der Waals surface area contributed by atoms with E-state index in [1.54, 1.807) is 47.1 Å². The van der Waals surface area contributed by atoms with E-state index in [1.807, 2.05) is 6.07 Å². The third kappa shape index (κ3) is 3.31. The van der Waals surface area contributed by atoms with Crippen molar-refractivity contribution in [1.29, 1.82) is 5.26 Å². The van der Waals surface area contributed by atoms with E-state index in [0.717, 1.165) is 4.90 Å². The topological polar surface area (TPSA) is 94.0 Å². The number of halogens is 2. The number of nitrogens with zero attached hydrogens (tertiary/aromatic N) is 4. The first-order valence-electron chi connectivity index (χ1n) is 10.3. The molecule has 33 heavy (non-hydrogen) atoms. The van der Waals surface area contributed by atoms with Crippen molar-refractivity contribution >= 4 is 46.7 Å². The van der Waals surface area contributed by atoms with Crippen molar-refractivity contribution in [3.05, 3.63) is 57.6 Å². The highest BCUT2D eigenvalue weighted by Gasteiger charge is 2.63. The van der Waals surface area contributed by atoms with E-state index in [0.29, 0.717) is 35.0 Å². The molecule has 2 bridgehead atoms. The van der Waals surface area contributed by atoms with E-state index < -0.39 is 24.0 Å². The molecule has 3 aliphatic heterocycles.